The number of hydrogen-bond donors (Lipinski definition) is 1. The van der Waals surface area contributed by atoms with E-state index in [9.17, 15) is 0 Å². The van der Waals surface area contributed by atoms with Crippen molar-refractivity contribution in [1.82, 2.24) is 14.9 Å². The van der Waals surface area contributed by atoms with E-state index in [4.69, 9.17) is 21.9 Å². The number of nitrogens with one attached hydrogen (secondary N) is 1. The Labute approximate surface area is 206 Å². The van der Waals surface area contributed by atoms with Gasteiger partial charge >= 0.3 is 0 Å². The van der Waals surface area contributed by atoms with Gasteiger partial charge in [0.05, 0.1) is 30.6 Å². The summed E-state index contributed by atoms with van der Waals surface area (Å²) < 4.78 is 8.08. The molecule has 1 N–H and O–H groups in total. The standard InChI is InChI=1S/C28H28N4OS/c1-18-19(2)31(21-12-6-5-7-13-21)20(3)25(18)27-26(22-14-10-11-17-29-22)30-28(34)32(27)23-15-8-9-16-24(23)33-4/h5-17,26-27H,1-4H3,(H,30,34)/t26-,27+/m0/s1. The van der Waals surface area contributed by atoms with Gasteiger partial charge in [-0.05, 0) is 75.0 Å². The van der Waals surface area contributed by atoms with Gasteiger partial charge < -0.3 is 19.5 Å². The lowest BCUT2D eigenvalue weighted by Crippen LogP contribution is -2.30. The van der Waals surface area contributed by atoms with E-state index in [0.29, 0.717) is 5.11 Å². The SMILES string of the molecule is COc1ccccc1N1C(=S)N[C@@H](c2ccccn2)[C@H]1c1c(C)c(C)n(-c2ccccc2)c1C. The molecule has 0 unspecified atom stereocenters. The molecular formula is C28H28N4OS. The van der Waals surface area contributed by atoms with Crippen molar-refractivity contribution in [2.75, 3.05) is 12.0 Å². The van der Waals surface area contributed by atoms with E-state index < -0.39 is 0 Å². The molecule has 1 saturated heterocycles. The van der Waals surface area contributed by atoms with Gasteiger partial charge in [-0.2, -0.15) is 0 Å². The Kier molecular flexibility index (Phi) is 5.84. The van der Waals surface area contributed by atoms with Gasteiger partial charge in [0.25, 0.3) is 0 Å². The summed E-state index contributed by atoms with van der Waals surface area (Å²) in [5, 5.41) is 4.23. The third-order valence-corrected chi connectivity index (χ3v) is 7.07. The van der Waals surface area contributed by atoms with E-state index >= 15 is 0 Å². The van der Waals surface area contributed by atoms with E-state index in [1.807, 2.05) is 42.6 Å². The summed E-state index contributed by atoms with van der Waals surface area (Å²) in [4.78, 5) is 6.89. The number of methoxy groups -OCH3 is 1. The molecule has 1 fully saturated rings. The zero-order valence-corrected chi connectivity index (χ0v) is 20.6. The van der Waals surface area contributed by atoms with Crippen molar-refractivity contribution in [1.29, 1.82) is 0 Å². The normalized spacial score (nSPS) is 17.6. The van der Waals surface area contributed by atoms with Crippen LogP contribution < -0.4 is 15.0 Å². The Morgan fingerprint density at radius 2 is 1.59 bits per heavy atom. The number of ether oxygens (including phenoxy) is 1. The smallest absolute Gasteiger partial charge is 0.174 e. The van der Waals surface area contributed by atoms with Crippen molar-refractivity contribution in [3.8, 4) is 11.4 Å². The molecule has 0 saturated carbocycles. The van der Waals surface area contributed by atoms with Gasteiger partial charge in [0.2, 0.25) is 0 Å². The molecule has 0 amide bonds. The van der Waals surface area contributed by atoms with Crippen LogP contribution in [0.2, 0.25) is 0 Å². The predicted octanol–water partition coefficient (Wildman–Crippen LogP) is 5.98. The van der Waals surface area contributed by atoms with Crippen LogP contribution in [0.4, 0.5) is 5.69 Å². The number of benzene rings is 2. The van der Waals surface area contributed by atoms with Crippen molar-refractivity contribution < 1.29 is 4.74 Å². The van der Waals surface area contributed by atoms with Crippen molar-refractivity contribution in [2.24, 2.45) is 0 Å². The highest BCUT2D eigenvalue weighted by atomic mass is 32.1. The summed E-state index contributed by atoms with van der Waals surface area (Å²) in [6.07, 6.45) is 1.84. The number of para-hydroxylation sites is 3. The first-order chi connectivity index (χ1) is 16.5. The van der Waals surface area contributed by atoms with Gasteiger partial charge in [0.15, 0.2) is 5.11 Å². The fourth-order valence-electron chi connectivity index (χ4n) is 5.14. The molecule has 34 heavy (non-hydrogen) atoms. The summed E-state index contributed by atoms with van der Waals surface area (Å²) >= 11 is 5.93. The van der Waals surface area contributed by atoms with Crippen LogP contribution in [-0.4, -0.2) is 21.8 Å². The number of rotatable bonds is 5. The molecule has 2 aromatic heterocycles. The summed E-state index contributed by atoms with van der Waals surface area (Å²) in [5.74, 6) is 0.785. The van der Waals surface area contributed by atoms with Gasteiger partial charge in [-0.3, -0.25) is 4.98 Å². The quantitative estimate of drug-likeness (QED) is 0.365. The number of anilines is 1. The van der Waals surface area contributed by atoms with Crippen LogP contribution in [0.5, 0.6) is 5.75 Å². The van der Waals surface area contributed by atoms with Crippen LogP contribution >= 0.6 is 12.2 Å². The number of hydrogen-bond acceptors (Lipinski definition) is 3. The van der Waals surface area contributed by atoms with Gasteiger partial charge in [-0.25, -0.2) is 0 Å². The maximum Gasteiger partial charge on any atom is 0.174 e. The highest BCUT2D eigenvalue weighted by molar-refractivity contribution is 7.80. The molecule has 0 radical (unpaired) electrons. The Bertz CT molecular complexity index is 1330. The molecule has 0 spiro atoms. The maximum absolute atomic E-state index is 5.93. The maximum atomic E-state index is 5.93. The Hall–Kier alpha value is -3.64. The van der Waals surface area contributed by atoms with E-state index in [1.54, 1.807) is 7.11 Å². The fraction of sp³-hybridized carbons (Fsp3) is 0.214. The van der Waals surface area contributed by atoms with Crippen LogP contribution in [0.15, 0.2) is 79.0 Å². The summed E-state index contributed by atoms with van der Waals surface area (Å²) in [6.45, 7) is 6.58. The van der Waals surface area contributed by atoms with Crippen LogP contribution in [-0.2, 0) is 0 Å². The van der Waals surface area contributed by atoms with Crippen molar-refractivity contribution >= 4 is 23.0 Å². The minimum absolute atomic E-state index is 0.0950. The van der Waals surface area contributed by atoms with Crippen molar-refractivity contribution in [3.05, 3.63) is 107 Å². The molecule has 1 aliphatic rings. The first kappa shape index (κ1) is 22.2. The molecule has 1 aliphatic heterocycles. The van der Waals surface area contributed by atoms with E-state index in [0.717, 1.165) is 22.8 Å². The lowest BCUT2D eigenvalue weighted by molar-refractivity contribution is 0.414. The van der Waals surface area contributed by atoms with Gasteiger partial charge in [-0.15, -0.1) is 0 Å². The van der Waals surface area contributed by atoms with Crippen molar-refractivity contribution in [3.63, 3.8) is 0 Å². The number of thiocarbonyl (C=S) groups is 1. The summed E-state index contributed by atoms with van der Waals surface area (Å²) in [6, 6.07) is 24.4. The number of nitrogens with zero attached hydrogens (tertiary/aromatic N) is 3. The third kappa shape index (κ3) is 3.55. The Balaban J connectivity index is 1.75. The second-order valence-corrected chi connectivity index (χ2v) is 8.94. The van der Waals surface area contributed by atoms with E-state index in [2.05, 4.69) is 72.0 Å². The molecule has 3 heterocycles. The molecule has 0 bridgehead atoms. The first-order valence-electron chi connectivity index (χ1n) is 11.4. The van der Waals surface area contributed by atoms with Crippen LogP contribution in [0.1, 0.15) is 40.3 Å². The monoisotopic (exact) mass is 468 g/mol. The average Bonchev–Trinajstić information content (AvgIpc) is 3.32. The average molecular weight is 469 g/mol. The zero-order chi connectivity index (χ0) is 23.8. The Morgan fingerprint density at radius 1 is 0.882 bits per heavy atom. The molecule has 5 nitrogen and oxygen atoms in total. The molecule has 5 rings (SSSR count). The Morgan fingerprint density at radius 3 is 2.29 bits per heavy atom. The minimum atomic E-state index is -0.109. The van der Waals surface area contributed by atoms with Gasteiger partial charge in [0.1, 0.15) is 5.75 Å². The molecular weight excluding hydrogens is 440 g/mol. The highest BCUT2D eigenvalue weighted by Gasteiger charge is 2.44. The summed E-state index contributed by atoms with van der Waals surface area (Å²) in [7, 11) is 1.70. The fourth-order valence-corrected chi connectivity index (χ4v) is 5.48. The predicted molar refractivity (Wildman–Crippen MR) is 141 cm³/mol. The largest absolute Gasteiger partial charge is 0.495 e. The first-order valence-corrected chi connectivity index (χ1v) is 11.8. The van der Waals surface area contributed by atoms with Crippen LogP contribution in [0, 0.1) is 20.8 Å². The van der Waals surface area contributed by atoms with Crippen molar-refractivity contribution in [2.45, 2.75) is 32.9 Å². The van der Waals surface area contributed by atoms with E-state index in [1.165, 1.54) is 22.5 Å². The third-order valence-electron chi connectivity index (χ3n) is 6.76. The lowest BCUT2D eigenvalue weighted by atomic mass is 9.93. The van der Waals surface area contributed by atoms with E-state index in [-0.39, 0.29) is 12.1 Å². The zero-order valence-electron chi connectivity index (χ0n) is 19.8. The number of aromatic nitrogens is 2. The topological polar surface area (TPSA) is 42.3 Å². The highest BCUT2D eigenvalue weighted by Crippen LogP contribution is 2.47. The second kappa shape index (κ2) is 8.95. The molecule has 6 heteroatoms. The lowest BCUT2D eigenvalue weighted by Gasteiger charge is -2.30. The molecule has 4 aromatic rings. The molecule has 2 atom stereocenters. The van der Waals surface area contributed by atoms with Gasteiger partial charge in [0, 0.05) is 28.8 Å². The molecule has 0 aliphatic carbocycles. The number of pyridine rings is 1. The van der Waals surface area contributed by atoms with Gasteiger partial charge in [-0.1, -0.05) is 36.4 Å². The minimum Gasteiger partial charge on any atom is -0.495 e. The molecule has 2 aromatic carbocycles. The van der Waals surface area contributed by atoms with Crippen LogP contribution in [0.3, 0.4) is 0 Å². The summed E-state index contributed by atoms with van der Waals surface area (Å²) in [5.41, 5.74) is 7.95. The molecule has 172 valence electrons. The van der Waals surface area contributed by atoms with Crippen LogP contribution in [0.25, 0.3) is 5.69 Å². The second-order valence-electron chi connectivity index (χ2n) is 8.55.